The molecule has 6 nitrogen and oxygen atoms in total. The molecule has 122 valence electrons. The number of amides is 1. The van der Waals surface area contributed by atoms with Gasteiger partial charge in [-0.1, -0.05) is 6.07 Å². The van der Waals surface area contributed by atoms with Crippen LogP contribution in [0.1, 0.15) is 16.4 Å². The monoisotopic (exact) mass is 340 g/mol. The maximum absolute atomic E-state index is 12.0. The average Bonchev–Trinajstić information content (AvgIpc) is 3.07. The highest BCUT2D eigenvalue weighted by Crippen LogP contribution is 2.14. The number of nitrogens with zero attached hydrogens (tertiary/aromatic N) is 3. The van der Waals surface area contributed by atoms with Crippen molar-refractivity contribution >= 4 is 17.2 Å². The van der Waals surface area contributed by atoms with Crippen molar-refractivity contribution in [3.05, 3.63) is 70.7 Å². The van der Waals surface area contributed by atoms with E-state index in [2.05, 4.69) is 20.3 Å². The van der Waals surface area contributed by atoms with E-state index in [-0.39, 0.29) is 12.3 Å². The fourth-order valence-corrected chi connectivity index (χ4v) is 2.70. The van der Waals surface area contributed by atoms with E-state index in [1.165, 1.54) is 11.3 Å². The van der Waals surface area contributed by atoms with Gasteiger partial charge in [-0.25, -0.2) is 4.98 Å². The zero-order valence-corrected chi connectivity index (χ0v) is 13.7. The standard InChI is InChI=1S/C17H16N4O2S/c22-16(20-9-13-4-1-2-7-19-13)8-14-12-24-17(21-14)11-23-15-5-3-6-18-10-15/h1-7,10,12H,8-9,11H2,(H,20,22). The second-order valence-electron chi connectivity index (χ2n) is 4.98. The molecule has 0 radical (unpaired) electrons. The van der Waals surface area contributed by atoms with Crippen molar-refractivity contribution < 1.29 is 9.53 Å². The zero-order chi connectivity index (χ0) is 16.6. The molecule has 3 aromatic heterocycles. The maximum Gasteiger partial charge on any atom is 0.226 e. The first-order chi connectivity index (χ1) is 11.8. The number of nitrogens with one attached hydrogen (secondary N) is 1. The van der Waals surface area contributed by atoms with Gasteiger partial charge in [0.1, 0.15) is 17.4 Å². The molecule has 24 heavy (non-hydrogen) atoms. The summed E-state index contributed by atoms with van der Waals surface area (Å²) in [5, 5.41) is 5.54. The van der Waals surface area contributed by atoms with Crippen LogP contribution in [0.4, 0.5) is 0 Å². The summed E-state index contributed by atoms with van der Waals surface area (Å²) in [5.74, 6) is 0.619. The average molecular weight is 340 g/mol. The van der Waals surface area contributed by atoms with E-state index in [9.17, 15) is 4.79 Å². The quantitative estimate of drug-likeness (QED) is 0.714. The summed E-state index contributed by atoms with van der Waals surface area (Å²) in [6, 6.07) is 9.26. The first-order valence-corrected chi connectivity index (χ1v) is 8.30. The van der Waals surface area contributed by atoms with Gasteiger partial charge >= 0.3 is 0 Å². The molecule has 0 aliphatic rings. The van der Waals surface area contributed by atoms with Crippen LogP contribution in [0.5, 0.6) is 5.75 Å². The Labute approximate surface area is 143 Å². The highest BCUT2D eigenvalue weighted by molar-refractivity contribution is 7.09. The first kappa shape index (κ1) is 16.1. The van der Waals surface area contributed by atoms with Crippen LogP contribution in [0.2, 0.25) is 0 Å². The topological polar surface area (TPSA) is 77.0 Å². The van der Waals surface area contributed by atoms with Gasteiger partial charge in [-0.15, -0.1) is 11.3 Å². The van der Waals surface area contributed by atoms with Crippen molar-refractivity contribution in [1.29, 1.82) is 0 Å². The first-order valence-electron chi connectivity index (χ1n) is 7.42. The van der Waals surface area contributed by atoms with E-state index < -0.39 is 0 Å². The van der Waals surface area contributed by atoms with Gasteiger partial charge in [-0.3, -0.25) is 14.8 Å². The number of pyridine rings is 2. The number of carbonyl (C=O) groups is 1. The third kappa shape index (κ3) is 4.85. The molecular weight excluding hydrogens is 324 g/mol. The van der Waals surface area contributed by atoms with Crippen LogP contribution < -0.4 is 10.1 Å². The van der Waals surface area contributed by atoms with E-state index in [0.717, 1.165) is 16.4 Å². The van der Waals surface area contributed by atoms with Crippen LogP contribution in [0.15, 0.2) is 54.3 Å². The predicted octanol–water partition coefficient (Wildman–Crippen LogP) is 2.37. The Bertz CT molecular complexity index is 778. The SMILES string of the molecule is O=C(Cc1csc(COc2cccnc2)n1)NCc1ccccn1. The fraction of sp³-hybridized carbons (Fsp3) is 0.176. The number of aromatic nitrogens is 3. The normalized spacial score (nSPS) is 10.3. The molecule has 1 amide bonds. The summed E-state index contributed by atoms with van der Waals surface area (Å²) in [4.78, 5) is 24.5. The van der Waals surface area contributed by atoms with Crippen molar-refractivity contribution in [2.24, 2.45) is 0 Å². The molecule has 0 aliphatic carbocycles. The Kier molecular flexibility index (Phi) is 5.47. The highest BCUT2D eigenvalue weighted by Gasteiger charge is 2.08. The summed E-state index contributed by atoms with van der Waals surface area (Å²) in [6.45, 7) is 0.784. The Morgan fingerprint density at radius 2 is 2.12 bits per heavy atom. The molecule has 0 aromatic carbocycles. The summed E-state index contributed by atoms with van der Waals surface area (Å²) >= 11 is 1.48. The summed E-state index contributed by atoms with van der Waals surface area (Å²) < 4.78 is 5.59. The van der Waals surface area contributed by atoms with Gasteiger partial charge in [0.25, 0.3) is 0 Å². The smallest absolute Gasteiger partial charge is 0.226 e. The molecule has 3 aromatic rings. The van der Waals surface area contributed by atoms with Gasteiger partial charge in [-0.2, -0.15) is 0 Å². The van der Waals surface area contributed by atoms with Crippen LogP contribution in [0, 0.1) is 0 Å². The third-order valence-corrected chi connectivity index (χ3v) is 4.00. The minimum absolute atomic E-state index is 0.0781. The lowest BCUT2D eigenvalue weighted by atomic mass is 10.3. The second kappa shape index (κ2) is 8.16. The number of carbonyl (C=O) groups excluding carboxylic acids is 1. The Hall–Kier alpha value is -2.80. The zero-order valence-electron chi connectivity index (χ0n) is 12.9. The van der Waals surface area contributed by atoms with Gasteiger partial charge in [0.05, 0.1) is 30.6 Å². The molecular formula is C17H16N4O2S. The van der Waals surface area contributed by atoms with Gasteiger partial charge in [0.15, 0.2) is 0 Å². The van der Waals surface area contributed by atoms with E-state index >= 15 is 0 Å². The third-order valence-electron chi connectivity index (χ3n) is 3.13. The minimum Gasteiger partial charge on any atom is -0.485 e. The van der Waals surface area contributed by atoms with E-state index in [1.54, 1.807) is 18.6 Å². The maximum atomic E-state index is 12.0. The van der Waals surface area contributed by atoms with Crippen LogP contribution >= 0.6 is 11.3 Å². The molecule has 3 rings (SSSR count). The number of rotatable bonds is 7. The lowest BCUT2D eigenvalue weighted by Gasteiger charge is -2.03. The number of hydrogen-bond acceptors (Lipinski definition) is 6. The molecule has 0 saturated heterocycles. The number of ether oxygens (including phenoxy) is 1. The molecule has 0 aliphatic heterocycles. The van der Waals surface area contributed by atoms with E-state index in [4.69, 9.17) is 4.74 Å². The second-order valence-corrected chi connectivity index (χ2v) is 5.93. The lowest BCUT2D eigenvalue weighted by molar-refractivity contribution is -0.120. The van der Waals surface area contributed by atoms with Crippen molar-refractivity contribution in [2.75, 3.05) is 0 Å². The summed E-state index contributed by atoms with van der Waals surface area (Å²) in [7, 11) is 0. The fourth-order valence-electron chi connectivity index (χ4n) is 1.99. The molecule has 3 heterocycles. The number of thiazole rings is 1. The largest absolute Gasteiger partial charge is 0.485 e. The van der Waals surface area contributed by atoms with Crippen molar-refractivity contribution in [3.8, 4) is 5.75 Å². The van der Waals surface area contributed by atoms with Crippen LogP contribution in [-0.4, -0.2) is 20.9 Å². The molecule has 0 unspecified atom stereocenters. The van der Waals surface area contributed by atoms with Crippen molar-refractivity contribution in [3.63, 3.8) is 0 Å². The van der Waals surface area contributed by atoms with Crippen LogP contribution in [0.3, 0.4) is 0 Å². The lowest BCUT2D eigenvalue weighted by Crippen LogP contribution is -2.25. The van der Waals surface area contributed by atoms with E-state index in [0.29, 0.717) is 18.9 Å². The van der Waals surface area contributed by atoms with Gasteiger partial charge < -0.3 is 10.1 Å². The highest BCUT2D eigenvalue weighted by atomic mass is 32.1. The van der Waals surface area contributed by atoms with Crippen molar-refractivity contribution in [1.82, 2.24) is 20.3 Å². The molecule has 0 spiro atoms. The Morgan fingerprint density at radius 3 is 2.92 bits per heavy atom. The van der Waals surface area contributed by atoms with Gasteiger partial charge in [0.2, 0.25) is 5.91 Å². The molecule has 1 N–H and O–H groups in total. The van der Waals surface area contributed by atoms with Crippen LogP contribution in [-0.2, 0) is 24.4 Å². The summed E-state index contributed by atoms with van der Waals surface area (Å²) in [5.41, 5.74) is 1.57. The van der Waals surface area contributed by atoms with Gasteiger partial charge in [-0.05, 0) is 24.3 Å². The molecule has 0 atom stereocenters. The van der Waals surface area contributed by atoms with Gasteiger partial charge in [0, 0.05) is 17.8 Å². The van der Waals surface area contributed by atoms with Crippen molar-refractivity contribution in [2.45, 2.75) is 19.6 Å². The molecule has 0 bridgehead atoms. The predicted molar refractivity (Wildman–Crippen MR) is 90.5 cm³/mol. The van der Waals surface area contributed by atoms with Crippen LogP contribution in [0.25, 0.3) is 0 Å². The minimum atomic E-state index is -0.0781. The molecule has 7 heteroatoms. The van der Waals surface area contributed by atoms with E-state index in [1.807, 2.05) is 35.7 Å². The summed E-state index contributed by atoms with van der Waals surface area (Å²) in [6.07, 6.45) is 5.30. The number of hydrogen-bond donors (Lipinski definition) is 1. The Morgan fingerprint density at radius 1 is 1.17 bits per heavy atom. The molecule has 0 fully saturated rings. The Balaban J connectivity index is 1.46. The molecule has 0 saturated carbocycles.